The monoisotopic (exact) mass is 344 g/mol. The molecule has 0 aromatic carbocycles. The van der Waals surface area contributed by atoms with Gasteiger partial charge in [-0.05, 0) is 42.2 Å². The molecule has 0 spiro atoms. The normalized spacial score (nSPS) is 17.3. The van der Waals surface area contributed by atoms with Crippen LogP contribution in [0.1, 0.15) is 22.9 Å². The van der Waals surface area contributed by atoms with Gasteiger partial charge in [-0.15, -0.1) is 32.9 Å². The van der Waals surface area contributed by atoms with Crippen molar-refractivity contribution in [3.63, 3.8) is 0 Å². The lowest BCUT2D eigenvalue weighted by atomic mass is 9.99. The van der Waals surface area contributed by atoms with E-state index in [-0.39, 0.29) is 0 Å². The number of aryl methyl sites for hydroxylation is 2. The molecular weight excluding hydrogens is 324 g/mol. The minimum atomic E-state index is 0.675. The molecule has 3 aromatic heterocycles. The predicted octanol–water partition coefficient (Wildman–Crippen LogP) is 3.73. The van der Waals surface area contributed by atoms with Gasteiger partial charge in [0.2, 0.25) is 0 Å². The summed E-state index contributed by atoms with van der Waals surface area (Å²) in [4.78, 5) is 2.76. The maximum atomic E-state index is 4.24. The Kier molecular flexibility index (Phi) is 4.29. The van der Waals surface area contributed by atoms with E-state index in [2.05, 4.69) is 49.0 Å². The molecule has 0 aliphatic carbocycles. The summed E-state index contributed by atoms with van der Waals surface area (Å²) in [5.41, 5.74) is 1.35. The number of rotatable bonds is 5. The average molecular weight is 345 g/mol. The third-order valence-corrected chi connectivity index (χ3v) is 6.28. The Balaban J connectivity index is 1.30. The van der Waals surface area contributed by atoms with Crippen LogP contribution in [0.3, 0.4) is 0 Å². The van der Waals surface area contributed by atoms with Gasteiger partial charge in [-0.3, -0.25) is 0 Å². The molecule has 1 N–H and O–H groups in total. The molecule has 1 aliphatic rings. The van der Waals surface area contributed by atoms with Gasteiger partial charge in [-0.25, -0.2) is 0 Å². The Labute approximate surface area is 144 Å². The summed E-state index contributed by atoms with van der Waals surface area (Å²) in [7, 11) is 0. The first kappa shape index (κ1) is 15.1. The van der Waals surface area contributed by atoms with E-state index >= 15 is 0 Å². The highest BCUT2D eigenvalue weighted by Gasteiger charge is 2.21. The van der Waals surface area contributed by atoms with E-state index in [1.165, 1.54) is 21.7 Å². The summed E-state index contributed by atoms with van der Waals surface area (Å²) in [6, 6.07) is 6.61. The molecule has 1 atom stereocenters. The third-order valence-electron chi connectivity index (χ3n) is 4.42. The highest BCUT2D eigenvalue weighted by molar-refractivity contribution is 7.14. The first-order valence-corrected chi connectivity index (χ1v) is 9.76. The quantitative estimate of drug-likeness (QED) is 0.767. The molecule has 0 radical (unpaired) electrons. The number of aromatic nitrogens is 3. The maximum Gasteiger partial charge on any atom is 0.133 e. The Morgan fingerprint density at radius 1 is 1.35 bits per heavy atom. The Bertz CT molecular complexity index is 772. The van der Waals surface area contributed by atoms with Gasteiger partial charge in [0.15, 0.2) is 0 Å². The Morgan fingerprint density at radius 3 is 3.17 bits per heavy atom. The minimum Gasteiger partial charge on any atom is -0.315 e. The van der Waals surface area contributed by atoms with Crippen LogP contribution in [-0.2, 0) is 19.5 Å². The van der Waals surface area contributed by atoms with E-state index in [0.717, 1.165) is 37.7 Å². The Hall–Kier alpha value is -1.50. The molecule has 0 fully saturated rings. The first-order chi connectivity index (χ1) is 11.3. The highest BCUT2D eigenvalue weighted by Crippen LogP contribution is 2.29. The molecule has 0 amide bonds. The van der Waals surface area contributed by atoms with Gasteiger partial charge in [0.05, 0.1) is 0 Å². The molecule has 4 heterocycles. The van der Waals surface area contributed by atoms with Gasteiger partial charge < -0.3 is 9.88 Å². The van der Waals surface area contributed by atoms with Crippen molar-refractivity contribution in [3.05, 3.63) is 45.5 Å². The fourth-order valence-electron chi connectivity index (χ4n) is 3.14. The Morgan fingerprint density at radius 2 is 2.30 bits per heavy atom. The number of nitrogens with zero attached hydrogens (tertiary/aromatic N) is 3. The summed E-state index contributed by atoms with van der Waals surface area (Å²) < 4.78 is 2.27. The summed E-state index contributed by atoms with van der Waals surface area (Å²) in [6.45, 7) is 5.11. The van der Waals surface area contributed by atoms with Crippen LogP contribution < -0.4 is 5.32 Å². The SMILES string of the molecule is Cc1nnc2n1CC(CNCc1cc(-c3cccs3)cs1)CC2. The largest absolute Gasteiger partial charge is 0.315 e. The van der Waals surface area contributed by atoms with E-state index in [4.69, 9.17) is 0 Å². The third kappa shape index (κ3) is 3.24. The standard InChI is InChI=1S/C17H20N4S2/c1-12-19-20-17-5-4-13(10-21(12)17)8-18-9-15-7-14(11-23-15)16-3-2-6-22-16/h2-3,6-7,11,13,18H,4-5,8-10H2,1H3. The number of hydrogen-bond acceptors (Lipinski definition) is 5. The molecule has 1 aliphatic heterocycles. The van der Waals surface area contributed by atoms with Gasteiger partial charge in [0, 0.05) is 41.4 Å². The van der Waals surface area contributed by atoms with E-state index in [0.29, 0.717) is 5.92 Å². The van der Waals surface area contributed by atoms with Gasteiger partial charge in [0.25, 0.3) is 0 Å². The zero-order valence-electron chi connectivity index (χ0n) is 13.2. The van der Waals surface area contributed by atoms with Crippen molar-refractivity contribution >= 4 is 22.7 Å². The zero-order valence-corrected chi connectivity index (χ0v) is 14.8. The van der Waals surface area contributed by atoms with E-state index in [1.54, 1.807) is 11.3 Å². The molecule has 0 saturated carbocycles. The highest BCUT2D eigenvalue weighted by atomic mass is 32.1. The van der Waals surface area contributed by atoms with Crippen LogP contribution in [0.4, 0.5) is 0 Å². The van der Waals surface area contributed by atoms with Crippen LogP contribution in [0.15, 0.2) is 29.0 Å². The molecule has 0 bridgehead atoms. The van der Waals surface area contributed by atoms with E-state index in [9.17, 15) is 0 Å². The van der Waals surface area contributed by atoms with E-state index in [1.807, 2.05) is 18.3 Å². The molecule has 6 heteroatoms. The van der Waals surface area contributed by atoms with Crippen LogP contribution in [-0.4, -0.2) is 21.3 Å². The number of hydrogen-bond donors (Lipinski definition) is 1. The van der Waals surface area contributed by atoms with E-state index < -0.39 is 0 Å². The van der Waals surface area contributed by atoms with Crippen molar-refractivity contribution in [1.29, 1.82) is 0 Å². The van der Waals surface area contributed by atoms with Crippen molar-refractivity contribution in [3.8, 4) is 10.4 Å². The number of nitrogens with one attached hydrogen (secondary N) is 1. The average Bonchev–Trinajstić information content (AvgIpc) is 3.29. The summed E-state index contributed by atoms with van der Waals surface area (Å²) in [6.07, 6.45) is 2.25. The second kappa shape index (κ2) is 6.55. The van der Waals surface area contributed by atoms with Gasteiger partial charge >= 0.3 is 0 Å². The molecule has 120 valence electrons. The molecule has 23 heavy (non-hydrogen) atoms. The first-order valence-electron chi connectivity index (χ1n) is 8.00. The summed E-state index contributed by atoms with van der Waals surface area (Å²) in [5, 5.41) is 16.5. The lowest BCUT2D eigenvalue weighted by molar-refractivity contribution is 0.344. The molecule has 3 aromatic rings. The summed E-state index contributed by atoms with van der Waals surface area (Å²) >= 11 is 3.65. The van der Waals surface area contributed by atoms with Crippen molar-refractivity contribution in [1.82, 2.24) is 20.1 Å². The zero-order chi connectivity index (χ0) is 15.6. The maximum absolute atomic E-state index is 4.24. The van der Waals surface area contributed by atoms with Gasteiger partial charge in [-0.2, -0.15) is 0 Å². The van der Waals surface area contributed by atoms with Crippen molar-refractivity contribution in [2.45, 2.75) is 32.9 Å². The minimum absolute atomic E-state index is 0.675. The van der Waals surface area contributed by atoms with Gasteiger partial charge in [0.1, 0.15) is 11.6 Å². The van der Waals surface area contributed by atoms with Crippen LogP contribution in [0, 0.1) is 12.8 Å². The van der Waals surface area contributed by atoms with Crippen LogP contribution in [0.2, 0.25) is 0 Å². The van der Waals surface area contributed by atoms with Crippen LogP contribution in [0.25, 0.3) is 10.4 Å². The van der Waals surface area contributed by atoms with Crippen LogP contribution >= 0.6 is 22.7 Å². The van der Waals surface area contributed by atoms with Crippen molar-refractivity contribution in [2.75, 3.05) is 6.54 Å². The smallest absolute Gasteiger partial charge is 0.133 e. The number of thiophene rings is 2. The molecule has 0 saturated heterocycles. The molecule has 4 nitrogen and oxygen atoms in total. The van der Waals surface area contributed by atoms with Gasteiger partial charge in [-0.1, -0.05) is 6.07 Å². The topological polar surface area (TPSA) is 42.7 Å². The molecular formula is C17H20N4S2. The number of fused-ring (bicyclic) bond motifs is 1. The predicted molar refractivity (Wildman–Crippen MR) is 95.9 cm³/mol. The second-order valence-corrected chi connectivity index (χ2v) is 8.03. The molecule has 1 unspecified atom stereocenters. The molecule has 4 rings (SSSR count). The van der Waals surface area contributed by atoms with Crippen molar-refractivity contribution < 1.29 is 0 Å². The second-order valence-electron chi connectivity index (χ2n) is 6.09. The lowest BCUT2D eigenvalue weighted by Gasteiger charge is -2.24. The van der Waals surface area contributed by atoms with Crippen molar-refractivity contribution in [2.24, 2.45) is 5.92 Å². The fourth-order valence-corrected chi connectivity index (χ4v) is 4.78. The lowest BCUT2D eigenvalue weighted by Crippen LogP contribution is -2.30. The summed E-state index contributed by atoms with van der Waals surface area (Å²) in [5.74, 6) is 2.87. The van der Waals surface area contributed by atoms with Crippen LogP contribution in [0.5, 0.6) is 0 Å². The fraction of sp³-hybridized carbons (Fsp3) is 0.412.